The summed E-state index contributed by atoms with van der Waals surface area (Å²) in [6.07, 6.45) is 2.34. The molecule has 1 saturated heterocycles. The maximum Gasteiger partial charge on any atom is 0.293 e. The minimum Gasteiger partial charge on any atom is -0.462 e. The van der Waals surface area contributed by atoms with Gasteiger partial charge in [-0.1, -0.05) is 12.1 Å². The lowest BCUT2D eigenvalue weighted by Gasteiger charge is -2.22. The highest BCUT2D eigenvalue weighted by Gasteiger charge is 2.14. The Morgan fingerprint density at radius 1 is 1.20 bits per heavy atom. The topological polar surface area (TPSA) is 38.3 Å². The molecule has 0 bridgehead atoms. The van der Waals surface area contributed by atoms with Gasteiger partial charge in [0.2, 0.25) is 0 Å². The summed E-state index contributed by atoms with van der Waals surface area (Å²) in [4.78, 5) is 9.60. The van der Waals surface area contributed by atoms with E-state index in [9.17, 15) is 9.18 Å². The minimum absolute atomic E-state index is 0.141. The molecule has 3 nitrogen and oxygen atoms in total. The van der Waals surface area contributed by atoms with E-state index in [2.05, 4.69) is 10.1 Å². The van der Waals surface area contributed by atoms with Gasteiger partial charge in [-0.3, -0.25) is 4.79 Å². The highest BCUT2D eigenvalue weighted by molar-refractivity contribution is 5.37. The summed E-state index contributed by atoms with van der Waals surface area (Å²) in [7, 11) is 0. The van der Waals surface area contributed by atoms with Gasteiger partial charge in [0.25, 0.3) is 6.47 Å². The number of halogens is 1. The monoisotopic (exact) mass is 281 g/mol. The molecule has 1 N–H and O–H groups in total. The zero-order valence-electron chi connectivity index (χ0n) is 12.5. The molecular formula is C16H24FNO2. The predicted molar refractivity (Wildman–Crippen MR) is 78.1 cm³/mol. The molecule has 1 aromatic rings. The lowest BCUT2D eigenvalue weighted by molar-refractivity contribution is -0.138. The van der Waals surface area contributed by atoms with Crippen molar-refractivity contribution in [3.05, 3.63) is 35.6 Å². The van der Waals surface area contributed by atoms with Crippen molar-refractivity contribution in [2.45, 2.75) is 45.1 Å². The lowest BCUT2D eigenvalue weighted by atomic mass is 9.90. The Bertz CT molecular complexity index is 392. The maximum atomic E-state index is 12.6. The molecule has 0 unspecified atom stereocenters. The van der Waals surface area contributed by atoms with Gasteiger partial charge in [0.15, 0.2) is 0 Å². The van der Waals surface area contributed by atoms with Crippen LogP contribution in [0.25, 0.3) is 0 Å². The molecular weight excluding hydrogens is 257 g/mol. The first-order valence-corrected chi connectivity index (χ1v) is 7.00. The predicted octanol–water partition coefficient (Wildman–Crippen LogP) is 3.25. The number of carbonyl (C=O) groups excluding carboxylic acids is 1. The second-order valence-electron chi connectivity index (χ2n) is 5.90. The molecule has 112 valence electrons. The molecule has 1 heterocycles. The lowest BCUT2D eigenvalue weighted by Crippen LogP contribution is -2.26. The molecule has 20 heavy (non-hydrogen) atoms. The molecule has 0 aliphatic carbocycles. The van der Waals surface area contributed by atoms with Crippen LogP contribution >= 0.6 is 0 Å². The fourth-order valence-electron chi connectivity index (χ4n) is 2.03. The summed E-state index contributed by atoms with van der Waals surface area (Å²) in [5.41, 5.74) is 0.963. The largest absolute Gasteiger partial charge is 0.462 e. The van der Waals surface area contributed by atoms with Crippen LogP contribution in [0.1, 0.15) is 45.1 Å². The Balaban J connectivity index is 0.000000246. The van der Waals surface area contributed by atoms with Gasteiger partial charge in [0, 0.05) is 0 Å². The first-order chi connectivity index (χ1) is 9.42. The van der Waals surface area contributed by atoms with Crippen LogP contribution in [0.4, 0.5) is 4.39 Å². The molecule has 0 spiro atoms. The molecule has 1 aromatic carbocycles. The summed E-state index contributed by atoms with van der Waals surface area (Å²) in [6.45, 7) is 8.09. The maximum absolute atomic E-state index is 12.6. The number of hydrogen-bond donors (Lipinski definition) is 1. The van der Waals surface area contributed by atoms with E-state index >= 15 is 0 Å². The molecule has 1 aliphatic heterocycles. The normalized spacial score (nSPS) is 16.0. The van der Waals surface area contributed by atoms with Crippen molar-refractivity contribution >= 4 is 6.47 Å². The van der Waals surface area contributed by atoms with Crippen LogP contribution in [0.2, 0.25) is 0 Å². The van der Waals surface area contributed by atoms with Crippen molar-refractivity contribution in [2.24, 2.45) is 0 Å². The van der Waals surface area contributed by atoms with Crippen molar-refractivity contribution in [3.63, 3.8) is 0 Å². The van der Waals surface area contributed by atoms with Gasteiger partial charge in [-0.05, 0) is 70.3 Å². The van der Waals surface area contributed by atoms with E-state index < -0.39 is 0 Å². The molecule has 0 saturated carbocycles. The fourth-order valence-corrected chi connectivity index (χ4v) is 2.03. The van der Waals surface area contributed by atoms with E-state index in [1.54, 1.807) is 12.1 Å². The van der Waals surface area contributed by atoms with Crippen LogP contribution in [-0.2, 0) is 9.53 Å². The van der Waals surface area contributed by atoms with Crippen LogP contribution in [0.5, 0.6) is 0 Å². The summed E-state index contributed by atoms with van der Waals surface area (Å²) in [5.74, 6) is 0.486. The minimum atomic E-state index is -0.318. The number of hydrogen-bond acceptors (Lipinski definition) is 3. The van der Waals surface area contributed by atoms with Gasteiger partial charge in [-0.25, -0.2) is 4.39 Å². The first kappa shape index (κ1) is 16.6. The average Bonchev–Trinajstić information content (AvgIpc) is 2.40. The van der Waals surface area contributed by atoms with Gasteiger partial charge in [0.05, 0.1) is 0 Å². The fraction of sp³-hybridized carbons (Fsp3) is 0.562. The number of nitrogens with one attached hydrogen (secondary N) is 1. The van der Waals surface area contributed by atoms with Gasteiger partial charge < -0.3 is 10.1 Å². The van der Waals surface area contributed by atoms with E-state index in [0.29, 0.717) is 12.4 Å². The molecule has 4 heteroatoms. The van der Waals surface area contributed by atoms with Crippen LogP contribution in [-0.4, -0.2) is 25.2 Å². The van der Waals surface area contributed by atoms with Crippen LogP contribution in [0.3, 0.4) is 0 Å². The second-order valence-corrected chi connectivity index (χ2v) is 5.90. The first-order valence-electron chi connectivity index (χ1n) is 7.00. The molecule has 0 radical (unpaired) electrons. The van der Waals surface area contributed by atoms with Gasteiger partial charge >= 0.3 is 0 Å². The highest BCUT2D eigenvalue weighted by Crippen LogP contribution is 2.24. The Morgan fingerprint density at radius 3 is 2.15 bits per heavy atom. The molecule has 0 aromatic heterocycles. The molecule has 2 rings (SSSR count). The summed E-state index contributed by atoms with van der Waals surface area (Å²) >= 11 is 0. The van der Waals surface area contributed by atoms with E-state index in [0.717, 1.165) is 13.1 Å². The van der Waals surface area contributed by atoms with E-state index in [-0.39, 0.29) is 11.4 Å². The van der Waals surface area contributed by atoms with E-state index in [1.807, 2.05) is 32.9 Å². The Kier molecular flexibility index (Phi) is 6.65. The van der Waals surface area contributed by atoms with Gasteiger partial charge in [-0.2, -0.15) is 0 Å². The SMILES string of the molecule is CC(C)(C)OC=O.Fc1ccc(C2CCNCC2)cc1. The smallest absolute Gasteiger partial charge is 0.293 e. The highest BCUT2D eigenvalue weighted by atomic mass is 19.1. The van der Waals surface area contributed by atoms with Crippen molar-refractivity contribution in [2.75, 3.05) is 13.1 Å². The Morgan fingerprint density at radius 2 is 1.75 bits per heavy atom. The van der Waals surface area contributed by atoms with Gasteiger partial charge in [-0.15, -0.1) is 0 Å². The van der Waals surface area contributed by atoms with Gasteiger partial charge in [0.1, 0.15) is 11.4 Å². The number of rotatable bonds is 2. The van der Waals surface area contributed by atoms with Crippen molar-refractivity contribution in [3.8, 4) is 0 Å². The molecule has 0 amide bonds. The molecule has 1 aliphatic rings. The molecule has 0 atom stereocenters. The Labute approximate surface area is 120 Å². The van der Waals surface area contributed by atoms with Crippen LogP contribution in [0, 0.1) is 5.82 Å². The number of ether oxygens (including phenoxy) is 1. The summed E-state index contributed by atoms with van der Waals surface area (Å²) < 4.78 is 17.2. The van der Waals surface area contributed by atoms with Crippen molar-refractivity contribution < 1.29 is 13.9 Å². The zero-order chi connectivity index (χ0) is 15.0. The quantitative estimate of drug-likeness (QED) is 0.846. The van der Waals surface area contributed by atoms with Crippen molar-refractivity contribution in [1.82, 2.24) is 5.32 Å². The average molecular weight is 281 g/mol. The van der Waals surface area contributed by atoms with E-state index in [1.165, 1.54) is 18.4 Å². The summed E-state index contributed by atoms with van der Waals surface area (Å²) in [5, 5.41) is 3.32. The second kappa shape index (κ2) is 8.00. The number of carbonyl (C=O) groups is 1. The third-order valence-electron chi connectivity index (χ3n) is 3.08. The number of piperidine rings is 1. The third-order valence-corrected chi connectivity index (χ3v) is 3.08. The standard InChI is InChI=1S/C11H14FN.C5H10O2/c12-11-3-1-9(2-4-11)10-5-7-13-8-6-10;1-5(2,3)7-4-6/h1-4,10,13H,5-8H2;4H,1-3H3. The number of benzene rings is 1. The molecule has 1 fully saturated rings. The Hall–Kier alpha value is -1.42. The van der Waals surface area contributed by atoms with E-state index in [4.69, 9.17) is 0 Å². The van der Waals surface area contributed by atoms with Crippen LogP contribution in [0.15, 0.2) is 24.3 Å². The third kappa shape index (κ3) is 6.66. The van der Waals surface area contributed by atoms with Crippen molar-refractivity contribution in [1.29, 1.82) is 0 Å². The summed E-state index contributed by atoms with van der Waals surface area (Å²) in [6, 6.07) is 6.92. The zero-order valence-corrected chi connectivity index (χ0v) is 12.5. The van der Waals surface area contributed by atoms with Crippen LogP contribution < -0.4 is 5.32 Å².